The molecule has 2 aromatic rings. The van der Waals surface area contributed by atoms with Gasteiger partial charge in [0.2, 0.25) is 0 Å². The highest BCUT2D eigenvalue weighted by Crippen LogP contribution is 2.42. The van der Waals surface area contributed by atoms with Gasteiger partial charge in [0.1, 0.15) is 0 Å². The van der Waals surface area contributed by atoms with Gasteiger partial charge in [-0.15, -0.1) is 11.3 Å². The number of nitrogens with two attached hydrogens (primary N) is 1. The molecule has 1 aliphatic carbocycles. The van der Waals surface area contributed by atoms with Crippen LogP contribution in [0, 0.1) is 0 Å². The van der Waals surface area contributed by atoms with Gasteiger partial charge in [0.25, 0.3) is 6.43 Å². The lowest BCUT2D eigenvalue weighted by molar-refractivity contribution is -0.114. The summed E-state index contributed by atoms with van der Waals surface area (Å²) in [6, 6.07) is 10.7. The number of ketones is 1. The summed E-state index contributed by atoms with van der Waals surface area (Å²) in [5.74, 6) is -0.531. The molecular weight excluding hydrogens is 292 g/mol. The molecule has 0 fully saturated rings. The molecule has 0 amide bonds. The second kappa shape index (κ2) is 5.41. The minimum Gasteiger partial charge on any atom is -0.401 e. The molecule has 1 unspecified atom stereocenters. The van der Waals surface area contributed by atoms with Crippen molar-refractivity contribution in [1.82, 2.24) is 0 Å². The number of allylic oxidation sites excluding steroid dienone is 2. The topological polar surface area (TPSA) is 43.1 Å². The number of Topliss-reactive ketones (excluding diaryl/α,β-unsaturated/α-hetero) is 1. The van der Waals surface area contributed by atoms with Gasteiger partial charge in [-0.1, -0.05) is 30.3 Å². The summed E-state index contributed by atoms with van der Waals surface area (Å²) in [4.78, 5) is 12.9. The van der Waals surface area contributed by atoms with Crippen LogP contribution >= 0.6 is 11.3 Å². The standard InChI is InChI=1S/C16H13F2NOS/c17-16(18)10-6-7-21-15(10)13-12(19)8-11(14(13)20)9-4-2-1-3-5-9/h1-7,11,16H,8,19H2. The average molecular weight is 305 g/mol. The first-order valence-corrected chi connectivity index (χ1v) is 7.41. The van der Waals surface area contributed by atoms with Crippen LogP contribution in [0.2, 0.25) is 0 Å². The molecule has 1 heterocycles. The minimum atomic E-state index is -2.60. The van der Waals surface area contributed by atoms with Crippen molar-refractivity contribution in [3.8, 4) is 0 Å². The number of hydrogen-bond donors (Lipinski definition) is 1. The first-order valence-electron chi connectivity index (χ1n) is 6.53. The van der Waals surface area contributed by atoms with Gasteiger partial charge in [-0.05, 0) is 17.0 Å². The maximum atomic E-state index is 13.0. The fourth-order valence-electron chi connectivity index (χ4n) is 2.65. The molecule has 21 heavy (non-hydrogen) atoms. The van der Waals surface area contributed by atoms with Gasteiger partial charge in [0.15, 0.2) is 5.78 Å². The summed E-state index contributed by atoms with van der Waals surface area (Å²) in [7, 11) is 0. The summed E-state index contributed by atoms with van der Waals surface area (Å²) >= 11 is 1.14. The first-order chi connectivity index (χ1) is 10.1. The van der Waals surface area contributed by atoms with E-state index in [2.05, 4.69) is 0 Å². The maximum Gasteiger partial charge on any atom is 0.265 e. The number of rotatable bonds is 3. The maximum absolute atomic E-state index is 13.0. The predicted octanol–water partition coefficient (Wildman–Crippen LogP) is 4.11. The largest absolute Gasteiger partial charge is 0.401 e. The van der Waals surface area contributed by atoms with E-state index in [0.29, 0.717) is 17.0 Å². The summed E-state index contributed by atoms with van der Waals surface area (Å²) < 4.78 is 26.0. The number of halogens is 2. The molecule has 0 saturated carbocycles. The molecule has 0 spiro atoms. The Bertz CT molecular complexity index is 706. The van der Waals surface area contributed by atoms with Gasteiger partial charge >= 0.3 is 0 Å². The Morgan fingerprint density at radius 1 is 1.19 bits per heavy atom. The van der Waals surface area contributed by atoms with Gasteiger partial charge in [-0.25, -0.2) is 8.78 Å². The fourth-order valence-corrected chi connectivity index (χ4v) is 3.65. The summed E-state index contributed by atoms with van der Waals surface area (Å²) in [5.41, 5.74) is 7.41. The smallest absolute Gasteiger partial charge is 0.265 e. The molecule has 108 valence electrons. The van der Waals surface area contributed by atoms with Crippen LogP contribution in [-0.2, 0) is 4.79 Å². The van der Waals surface area contributed by atoms with Crippen LogP contribution in [0.1, 0.15) is 34.8 Å². The van der Waals surface area contributed by atoms with E-state index in [0.717, 1.165) is 16.9 Å². The SMILES string of the molecule is NC1=C(c2sccc2C(F)F)C(=O)C(c2ccccc2)C1. The fraction of sp³-hybridized carbons (Fsp3) is 0.188. The number of thiophene rings is 1. The lowest BCUT2D eigenvalue weighted by Crippen LogP contribution is -2.08. The van der Waals surface area contributed by atoms with Crippen LogP contribution in [0.4, 0.5) is 8.78 Å². The lowest BCUT2D eigenvalue weighted by atomic mass is 9.94. The van der Waals surface area contributed by atoms with Crippen LogP contribution in [0.3, 0.4) is 0 Å². The first kappa shape index (κ1) is 13.9. The van der Waals surface area contributed by atoms with Gasteiger partial charge in [-0.3, -0.25) is 4.79 Å². The Labute approximate surface area is 124 Å². The van der Waals surface area contributed by atoms with Crippen LogP contribution in [-0.4, -0.2) is 5.78 Å². The summed E-state index contributed by atoms with van der Waals surface area (Å²) in [6.45, 7) is 0. The third-order valence-electron chi connectivity index (χ3n) is 3.67. The Balaban J connectivity index is 1.99. The molecule has 0 radical (unpaired) electrons. The molecule has 1 aliphatic rings. The quantitative estimate of drug-likeness (QED) is 0.927. The highest BCUT2D eigenvalue weighted by atomic mass is 32.1. The van der Waals surface area contributed by atoms with Crippen LogP contribution < -0.4 is 5.73 Å². The highest BCUT2D eigenvalue weighted by Gasteiger charge is 2.36. The molecule has 0 aliphatic heterocycles. The van der Waals surface area contributed by atoms with E-state index in [9.17, 15) is 13.6 Å². The predicted molar refractivity (Wildman–Crippen MR) is 79.2 cm³/mol. The van der Waals surface area contributed by atoms with Crippen molar-refractivity contribution in [2.24, 2.45) is 5.73 Å². The van der Waals surface area contributed by atoms with Gasteiger partial charge < -0.3 is 5.73 Å². The molecule has 0 bridgehead atoms. The Hall–Kier alpha value is -2.01. The summed E-state index contributed by atoms with van der Waals surface area (Å²) in [5, 5.41) is 1.57. The number of hydrogen-bond acceptors (Lipinski definition) is 3. The normalized spacial score (nSPS) is 18.8. The van der Waals surface area contributed by atoms with Crippen molar-refractivity contribution in [3.63, 3.8) is 0 Å². The lowest BCUT2D eigenvalue weighted by Gasteiger charge is -2.09. The van der Waals surface area contributed by atoms with Gasteiger partial charge in [-0.2, -0.15) is 0 Å². The van der Waals surface area contributed by atoms with Crippen LogP contribution in [0.5, 0.6) is 0 Å². The van der Waals surface area contributed by atoms with Crippen molar-refractivity contribution >= 4 is 22.7 Å². The van der Waals surface area contributed by atoms with E-state index >= 15 is 0 Å². The van der Waals surface area contributed by atoms with E-state index in [1.54, 1.807) is 5.38 Å². The Morgan fingerprint density at radius 3 is 2.57 bits per heavy atom. The van der Waals surface area contributed by atoms with Crippen LogP contribution in [0.15, 0.2) is 47.5 Å². The molecule has 3 rings (SSSR count). The molecular formula is C16H13F2NOS. The van der Waals surface area contributed by atoms with Crippen molar-refractivity contribution < 1.29 is 13.6 Å². The van der Waals surface area contributed by atoms with Crippen LogP contribution in [0.25, 0.3) is 5.57 Å². The number of alkyl halides is 2. The van der Waals surface area contributed by atoms with Crippen molar-refractivity contribution in [2.45, 2.75) is 18.8 Å². The molecule has 2 nitrogen and oxygen atoms in total. The van der Waals surface area contributed by atoms with Gasteiger partial charge in [0.05, 0.1) is 11.5 Å². The monoisotopic (exact) mass is 305 g/mol. The van der Waals surface area contributed by atoms with E-state index in [1.807, 2.05) is 30.3 Å². The summed E-state index contributed by atoms with van der Waals surface area (Å²) in [6.07, 6.45) is -2.21. The van der Waals surface area contributed by atoms with E-state index in [4.69, 9.17) is 5.73 Å². The Kier molecular flexibility index (Phi) is 3.59. The van der Waals surface area contributed by atoms with E-state index < -0.39 is 6.43 Å². The van der Waals surface area contributed by atoms with E-state index in [1.165, 1.54) is 6.07 Å². The number of carbonyl (C=O) groups is 1. The number of carbonyl (C=O) groups excluding carboxylic acids is 1. The second-order valence-corrected chi connectivity index (χ2v) is 5.85. The van der Waals surface area contributed by atoms with Crippen molar-refractivity contribution in [3.05, 3.63) is 63.5 Å². The highest BCUT2D eigenvalue weighted by molar-refractivity contribution is 7.11. The third kappa shape index (κ3) is 2.38. The molecule has 2 N–H and O–H groups in total. The molecule has 0 saturated heterocycles. The molecule has 1 atom stereocenters. The minimum absolute atomic E-state index is 0.111. The second-order valence-electron chi connectivity index (χ2n) is 4.94. The Morgan fingerprint density at radius 2 is 1.90 bits per heavy atom. The van der Waals surface area contributed by atoms with E-state index in [-0.39, 0.29) is 22.8 Å². The number of benzene rings is 1. The zero-order valence-electron chi connectivity index (χ0n) is 11.1. The zero-order valence-corrected chi connectivity index (χ0v) is 11.9. The third-order valence-corrected chi connectivity index (χ3v) is 4.62. The zero-order chi connectivity index (χ0) is 15.0. The molecule has 5 heteroatoms. The average Bonchev–Trinajstić information content (AvgIpc) is 3.04. The van der Waals surface area contributed by atoms with Crippen molar-refractivity contribution in [2.75, 3.05) is 0 Å². The van der Waals surface area contributed by atoms with Crippen molar-refractivity contribution in [1.29, 1.82) is 0 Å². The molecule has 1 aromatic carbocycles. The molecule has 1 aromatic heterocycles. The van der Waals surface area contributed by atoms with Gasteiger partial charge in [0, 0.05) is 22.6 Å².